The van der Waals surface area contributed by atoms with E-state index in [2.05, 4.69) is 38.2 Å². The minimum absolute atomic E-state index is 0.746. The fourth-order valence-corrected chi connectivity index (χ4v) is 2.74. The Morgan fingerprint density at radius 3 is 2.29 bits per heavy atom. The molecule has 1 N–H and O–H groups in total. The van der Waals surface area contributed by atoms with Crippen molar-refractivity contribution in [3.63, 3.8) is 0 Å². The molecule has 0 bridgehead atoms. The molecule has 0 saturated carbocycles. The summed E-state index contributed by atoms with van der Waals surface area (Å²) in [5, 5.41) is 3.44. The van der Waals surface area contributed by atoms with E-state index in [9.17, 15) is 0 Å². The quantitative estimate of drug-likeness (QED) is 0.716. The summed E-state index contributed by atoms with van der Waals surface area (Å²) in [5.74, 6) is 0.746. The molecular weight excluding hydrogens is 170 g/mol. The Morgan fingerprint density at radius 2 is 1.79 bits per heavy atom. The van der Waals surface area contributed by atoms with Gasteiger partial charge in [-0.1, -0.05) is 17.7 Å². The van der Waals surface area contributed by atoms with Crippen LogP contribution in [0, 0.1) is 20.8 Å². The highest BCUT2D eigenvalue weighted by Crippen LogP contribution is 2.29. The summed E-state index contributed by atoms with van der Waals surface area (Å²) in [6.45, 7) is 9.00. The van der Waals surface area contributed by atoms with Crippen LogP contribution in [0.3, 0.4) is 0 Å². The Labute approximate surface area is 86.5 Å². The smallest absolute Gasteiger partial charge is 0.00208 e. The van der Waals surface area contributed by atoms with E-state index in [0.29, 0.717) is 0 Å². The van der Waals surface area contributed by atoms with Crippen molar-refractivity contribution in [1.82, 2.24) is 5.32 Å². The summed E-state index contributed by atoms with van der Waals surface area (Å²) in [7, 11) is 0. The zero-order valence-corrected chi connectivity index (χ0v) is 9.35. The topological polar surface area (TPSA) is 12.0 Å². The normalized spacial score (nSPS) is 21.5. The highest BCUT2D eigenvalue weighted by atomic mass is 14.9. The largest absolute Gasteiger partial charge is 0.316 e. The summed E-state index contributed by atoms with van der Waals surface area (Å²) in [6, 6.07) is 4.61. The van der Waals surface area contributed by atoms with Crippen LogP contribution in [0.15, 0.2) is 12.1 Å². The molecule has 2 rings (SSSR count). The molecule has 0 aromatic heterocycles. The Bertz CT molecular complexity index is 312. The van der Waals surface area contributed by atoms with E-state index in [1.54, 1.807) is 5.56 Å². The number of hydrogen-bond acceptors (Lipinski definition) is 1. The number of rotatable bonds is 1. The second-order valence-electron chi connectivity index (χ2n) is 4.50. The summed E-state index contributed by atoms with van der Waals surface area (Å²) in [5.41, 5.74) is 5.91. The molecule has 0 amide bonds. The van der Waals surface area contributed by atoms with Crippen molar-refractivity contribution >= 4 is 0 Å². The van der Waals surface area contributed by atoms with E-state index in [-0.39, 0.29) is 0 Å². The molecule has 1 nitrogen and oxygen atoms in total. The lowest BCUT2D eigenvalue weighted by molar-refractivity contribution is 0.750. The minimum Gasteiger partial charge on any atom is -0.316 e. The first-order valence-corrected chi connectivity index (χ1v) is 5.47. The van der Waals surface area contributed by atoms with Crippen molar-refractivity contribution in [2.45, 2.75) is 33.1 Å². The van der Waals surface area contributed by atoms with Gasteiger partial charge in [0.05, 0.1) is 0 Å². The maximum Gasteiger partial charge on any atom is 0.00208 e. The van der Waals surface area contributed by atoms with Crippen LogP contribution in [0.5, 0.6) is 0 Å². The number of benzene rings is 1. The van der Waals surface area contributed by atoms with Gasteiger partial charge in [-0.05, 0) is 56.3 Å². The van der Waals surface area contributed by atoms with Crippen LogP contribution in [0.1, 0.15) is 34.6 Å². The molecule has 1 aromatic rings. The molecule has 1 aliphatic heterocycles. The third kappa shape index (κ3) is 1.69. The van der Waals surface area contributed by atoms with Gasteiger partial charge in [-0.15, -0.1) is 0 Å². The Kier molecular flexibility index (Phi) is 2.60. The van der Waals surface area contributed by atoms with Crippen LogP contribution in [-0.4, -0.2) is 13.1 Å². The summed E-state index contributed by atoms with van der Waals surface area (Å²) < 4.78 is 0. The molecule has 0 aliphatic carbocycles. The average Bonchev–Trinajstić information content (AvgIpc) is 2.54. The highest BCUT2D eigenvalue weighted by molar-refractivity contribution is 5.40. The Balaban J connectivity index is 2.40. The lowest BCUT2D eigenvalue weighted by Gasteiger charge is -2.16. The molecule has 0 radical (unpaired) electrons. The van der Waals surface area contributed by atoms with Gasteiger partial charge in [-0.2, -0.15) is 0 Å². The summed E-state index contributed by atoms with van der Waals surface area (Å²) >= 11 is 0. The second-order valence-corrected chi connectivity index (χ2v) is 4.50. The maximum absolute atomic E-state index is 3.44. The SMILES string of the molecule is Cc1cc(C)c(C2CCNC2)c(C)c1. The zero-order chi connectivity index (χ0) is 10.1. The molecule has 1 fully saturated rings. The van der Waals surface area contributed by atoms with E-state index < -0.39 is 0 Å². The fourth-order valence-electron chi connectivity index (χ4n) is 2.74. The van der Waals surface area contributed by atoms with Crippen LogP contribution in [0.25, 0.3) is 0 Å². The van der Waals surface area contributed by atoms with Crippen LogP contribution in [0.4, 0.5) is 0 Å². The van der Waals surface area contributed by atoms with Crippen molar-refractivity contribution in [3.8, 4) is 0 Å². The molecule has 1 heteroatoms. The van der Waals surface area contributed by atoms with Gasteiger partial charge in [0.2, 0.25) is 0 Å². The van der Waals surface area contributed by atoms with Crippen LogP contribution >= 0.6 is 0 Å². The lowest BCUT2D eigenvalue weighted by atomic mass is 9.89. The average molecular weight is 189 g/mol. The van der Waals surface area contributed by atoms with E-state index in [1.807, 2.05) is 0 Å². The molecule has 1 aromatic carbocycles. The minimum atomic E-state index is 0.746. The Hall–Kier alpha value is -0.820. The van der Waals surface area contributed by atoms with Crippen molar-refractivity contribution in [2.75, 3.05) is 13.1 Å². The summed E-state index contributed by atoms with van der Waals surface area (Å²) in [4.78, 5) is 0. The van der Waals surface area contributed by atoms with Gasteiger partial charge in [0.1, 0.15) is 0 Å². The molecule has 1 unspecified atom stereocenters. The third-order valence-corrected chi connectivity index (χ3v) is 3.21. The molecule has 14 heavy (non-hydrogen) atoms. The van der Waals surface area contributed by atoms with Gasteiger partial charge >= 0.3 is 0 Å². The van der Waals surface area contributed by atoms with Gasteiger partial charge in [-0.3, -0.25) is 0 Å². The number of aryl methyl sites for hydroxylation is 3. The van der Waals surface area contributed by atoms with E-state index >= 15 is 0 Å². The highest BCUT2D eigenvalue weighted by Gasteiger charge is 2.19. The van der Waals surface area contributed by atoms with Gasteiger partial charge in [0, 0.05) is 6.54 Å². The summed E-state index contributed by atoms with van der Waals surface area (Å²) in [6.07, 6.45) is 1.30. The van der Waals surface area contributed by atoms with Gasteiger partial charge < -0.3 is 5.32 Å². The molecule has 1 aliphatic rings. The number of nitrogens with one attached hydrogen (secondary N) is 1. The zero-order valence-electron chi connectivity index (χ0n) is 9.35. The van der Waals surface area contributed by atoms with Crippen molar-refractivity contribution in [3.05, 3.63) is 34.4 Å². The lowest BCUT2D eigenvalue weighted by Crippen LogP contribution is -2.10. The van der Waals surface area contributed by atoms with Gasteiger partial charge in [0.15, 0.2) is 0 Å². The van der Waals surface area contributed by atoms with E-state index in [4.69, 9.17) is 0 Å². The van der Waals surface area contributed by atoms with Gasteiger partial charge in [0.25, 0.3) is 0 Å². The Morgan fingerprint density at radius 1 is 1.14 bits per heavy atom. The monoisotopic (exact) mass is 189 g/mol. The molecular formula is C13H19N. The molecule has 1 saturated heterocycles. The molecule has 1 atom stereocenters. The molecule has 76 valence electrons. The van der Waals surface area contributed by atoms with E-state index in [1.165, 1.54) is 29.7 Å². The molecule has 0 spiro atoms. The first-order chi connectivity index (χ1) is 6.68. The standard InChI is InChI=1S/C13H19N/c1-9-6-10(2)13(11(3)7-9)12-4-5-14-8-12/h6-7,12,14H,4-5,8H2,1-3H3. The maximum atomic E-state index is 3.44. The predicted octanol–water partition coefficient (Wildman–Crippen LogP) is 2.69. The van der Waals surface area contributed by atoms with Gasteiger partial charge in [-0.25, -0.2) is 0 Å². The second kappa shape index (κ2) is 3.74. The van der Waals surface area contributed by atoms with Crippen LogP contribution < -0.4 is 5.32 Å². The van der Waals surface area contributed by atoms with Crippen molar-refractivity contribution in [1.29, 1.82) is 0 Å². The number of hydrogen-bond donors (Lipinski definition) is 1. The van der Waals surface area contributed by atoms with E-state index in [0.717, 1.165) is 12.5 Å². The first kappa shape index (κ1) is 9.72. The first-order valence-electron chi connectivity index (χ1n) is 5.47. The molecule has 1 heterocycles. The predicted molar refractivity (Wildman–Crippen MR) is 60.9 cm³/mol. The van der Waals surface area contributed by atoms with Crippen molar-refractivity contribution < 1.29 is 0 Å². The van der Waals surface area contributed by atoms with Crippen molar-refractivity contribution in [2.24, 2.45) is 0 Å². The van der Waals surface area contributed by atoms with Crippen LogP contribution in [-0.2, 0) is 0 Å². The van der Waals surface area contributed by atoms with Crippen LogP contribution in [0.2, 0.25) is 0 Å². The fraction of sp³-hybridized carbons (Fsp3) is 0.538. The third-order valence-electron chi connectivity index (χ3n) is 3.21.